The van der Waals surface area contributed by atoms with E-state index in [1.807, 2.05) is 19.1 Å². The van der Waals surface area contributed by atoms with Crippen molar-refractivity contribution in [2.75, 3.05) is 6.54 Å². The molecule has 0 spiro atoms. The van der Waals surface area contributed by atoms with E-state index in [1.165, 1.54) is 0 Å². The lowest BCUT2D eigenvalue weighted by atomic mass is 10.3. The SMILES string of the molecule is CC(CNC(=O)NCc1nnc2n1CCC2)Oc1ccccc1Cl. The molecule has 0 fully saturated rings. The van der Waals surface area contributed by atoms with E-state index in [9.17, 15) is 4.79 Å². The highest BCUT2D eigenvalue weighted by Gasteiger charge is 2.17. The molecule has 0 bridgehead atoms. The highest BCUT2D eigenvalue weighted by molar-refractivity contribution is 6.32. The number of para-hydroxylation sites is 1. The number of amides is 2. The number of fused-ring (bicyclic) bond motifs is 1. The van der Waals surface area contributed by atoms with Gasteiger partial charge in [-0.3, -0.25) is 0 Å². The van der Waals surface area contributed by atoms with Crippen LogP contribution in [0.5, 0.6) is 5.75 Å². The summed E-state index contributed by atoms with van der Waals surface area (Å²) in [5.41, 5.74) is 0. The molecule has 3 rings (SSSR count). The number of hydrogen-bond donors (Lipinski definition) is 2. The number of hydrogen-bond acceptors (Lipinski definition) is 4. The minimum Gasteiger partial charge on any atom is -0.487 e. The Morgan fingerprint density at radius 1 is 1.38 bits per heavy atom. The number of benzene rings is 1. The predicted octanol–water partition coefficient (Wildman–Crippen LogP) is 2.14. The summed E-state index contributed by atoms with van der Waals surface area (Å²) >= 11 is 6.04. The number of nitrogens with one attached hydrogen (secondary N) is 2. The third kappa shape index (κ3) is 3.97. The van der Waals surface area contributed by atoms with Crippen LogP contribution in [0.4, 0.5) is 4.79 Å². The Morgan fingerprint density at radius 3 is 3.04 bits per heavy atom. The molecule has 128 valence electrons. The summed E-state index contributed by atoms with van der Waals surface area (Å²) in [4.78, 5) is 11.9. The Hall–Kier alpha value is -2.28. The number of carbonyl (C=O) groups is 1. The van der Waals surface area contributed by atoms with E-state index in [-0.39, 0.29) is 12.1 Å². The maximum absolute atomic E-state index is 11.9. The summed E-state index contributed by atoms with van der Waals surface area (Å²) in [6.07, 6.45) is 1.84. The number of halogens is 1. The van der Waals surface area contributed by atoms with Gasteiger partial charge in [0.15, 0.2) is 5.82 Å². The minimum atomic E-state index is -0.264. The Labute approximate surface area is 145 Å². The lowest BCUT2D eigenvalue weighted by molar-refractivity contribution is 0.207. The quantitative estimate of drug-likeness (QED) is 0.837. The van der Waals surface area contributed by atoms with Gasteiger partial charge in [-0.1, -0.05) is 23.7 Å². The first-order chi connectivity index (χ1) is 11.6. The Morgan fingerprint density at radius 2 is 2.21 bits per heavy atom. The van der Waals surface area contributed by atoms with Gasteiger partial charge in [0.05, 0.1) is 18.1 Å². The normalized spacial score (nSPS) is 14.1. The fraction of sp³-hybridized carbons (Fsp3) is 0.438. The molecule has 2 aromatic rings. The maximum atomic E-state index is 11.9. The summed E-state index contributed by atoms with van der Waals surface area (Å²) < 4.78 is 7.76. The number of ether oxygens (including phenoxy) is 1. The summed E-state index contributed by atoms with van der Waals surface area (Å²) in [5, 5.41) is 14.3. The van der Waals surface area contributed by atoms with Gasteiger partial charge in [-0.15, -0.1) is 10.2 Å². The van der Waals surface area contributed by atoms with Crippen molar-refractivity contribution in [1.29, 1.82) is 0 Å². The molecule has 1 atom stereocenters. The zero-order valence-electron chi connectivity index (χ0n) is 13.5. The highest BCUT2D eigenvalue weighted by atomic mass is 35.5. The van der Waals surface area contributed by atoms with Gasteiger partial charge in [-0.25, -0.2) is 4.79 Å². The smallest absolute Gasteiger partial charge is 0.315 e. The van der Waals surface area contributed by atoms with Crippen molar-refractivity contribution >= 4 is 17.6 Å². The predicted molar refractivity (Wildman–Crippen MR) is 90.1 cm³/mol. The molecule has 7 nitrogen and oxygen atoms in total. The van der Waals surface area contributed by atoms with E-state index in [0.717, 1.165) is 31.0 Å². The van der Waals surface area contributed by atoms with E-state index in [4.69, 9.17) is 16.3 Å². The van der Waals surface area contributed by atoms with Crippen molar-refractivity contribution in [3.05, 3.63) is 40.9 Å². The molecular formula is C16H20ClN5O2. The summed E-state index contributed by atoms with van der Waals surface area (Å²) in [6.45, 7) is 3.52. The zero-order chi connectivity index (χ0) is 16.9. The molecule has 1 aromatic carbocycles. The lowest BCUT2D eigenvalue weighted by Gasteiger charge is -2.16. The second kappa shape index (κ2) is 7.53. The van der Waals surface area contributed by atoms with Crippen LogP contribution in [0, 0.1) is 0 Å². The van der Waals surface area contributed by atoms with Crippen LogP contribution in [0.25, 0.3) is 0 Å². The van der Waals surface area contributed by atoms with Crippen LogP contribution in [-0.4, -0.2) is 33.4 Å². The number of rotatable bonds is 6. The largest absolute Gasteiger partial charge is 0.487 e. The van der Waals surface area contributed by atoms with Crippen molar-refractivity contribution < 1.29 is 9.53 Å². The van der Waals surface area contributed by atoms with Crippen molar-refractivity contribution in [1.82, 2.24) is 25.4 Å². The average molecular weight is 350 g/mol. The molecule has 1 aliphatic heterocycles. The first-order valence-electron chi connectivity index (χ1n) is 7.97. The lowest BCUT2D eigenvalue weighted by Crippen LogP contribution is -2.40. The monoisotopic (exact) mass is 349 g/mol. The number of aromatic nitrogens is 3. The third-order valence-corrected chi connectivity index (χ3v) is 4.12. The Balaban J connectivity index is 1.41. The standard InChI is InChI=1S/C16H20ClN5O2/c1-11(24-13-6-3-2-5-12(13)17)9-18-16(23)19-10-15-21-20-14-7-4-8-22(14)15/h2-3,5-6,11H,4,7-10H2,1H3,(H2,18,19,23). The molecule has 2 heterocycles. The average Bonchev–Trinajstić information content (AvgIpc) is 3.17. The van der Waals surface area contributed by atoms with Crippen LogP contribution in [0.2, 0.25) is 5.02 Å². The van der Waals surface area contributed by atoms with E-state index >= 15 is 0 Å². The summed E-state index contributed by atoms with van der Waals surface area (Å²) in [5.74, 6) is 2.39. The van der Waals surface area contributed by atoms with Gasteiger partial charge in [0.25, 0.3) is 0 Å². The van der Waals surface area contributed by atoms with Gasteiger partial charge in [0.1, 0.15) is 17.7 Å². The molecule has 1 aliphatic rings. The molecule has 1 aromatic heterocycles. The zero-order valence-corrected chi connectivity index (χ0v) is 14.2. The molecular weight excluding hydrogens is 330 g/mol. The minimum absolute atomic E-state index is 0.201. The molecule has 2 amide bonds. The molecule has 8 heteroatoms. The van der Waals surface area contributed by atoms with E-state index in [0.29, 0.717) is 23.9 Å². The van der Waals surface area contributed by atoms with Crippen LogP contribution in [0.3, 0.4) is 0 Å². The Kier molecular flexibility index (Phi) is 5.20. The van der Waals surface area contributed by atoms with Crippen LogP contribution in [0.15, 0.2) is 24.3 Å². The fourth-order valence-electron chi connectivity index (χ4n) is 2.60. The second-order valence-electron chi connectivity index (χ2n) is 5.71. The van der Waals surface area contributed by atoms with Crippen molar-refractivity contribution in [3.63, 3.8) is 0 Å². The molecule has 0 saturated carbocycles. The molecule has 0 aliphatic carbocycles. The van der Waals surface area contributed by atoms with Gasteiger partial charge >= 0.3 is 6.03 Å². The van der Waals surface area contributed by atoms with Gasteiger partial charge in [0.2, 0.25) is 0 Å². The molecule has 0 radical (unpaired) electrons. The fourth-order valence-corrected chi connectivity index (χ4v) is 2.78. The number of nitrogens with zero attached hydrogens (tertiary/aromatic N) is 3. The second-order valence-corrected chi connectivity index (χ2v) is 6.12. The topological polar surface area (TPSA) is 81.1 Å². The van der Waals surface area contributed by atoms with E-state index in [1.54, 1.807) is 12.1 Å². The van der Waals surface area contributed by atoms with Crippen LogP contribution in [-0.2, 0) is 19.5 Å². The van der Waals surface area contributed by atoms with Crippen LogP contribution >= 0.6 is 11.6 Å². The maximum Gasteiger partial charge on any atom is 0.315 e. The summed E-state index contributed by atoms with van der Waals surface area (Å²) in [7, 11) is 0. The number of urea groups is 1. The molecule has 0 saturated heterocycles. The van der Waals surface area contributed by atoms with Crippen molar-refractivity contribution in [2.24, 2.45) is 0 Å². The van der Waals surface area contributed by atoms with Gasteiger partial charge in [-0.05, 0) is 25.5 Å². The van der Waals surface area contributed by atoms with Crippen LogP contribution < -0.4 is 15.4 Å². The van der Waals surface area contributed by atoms with Crippen molar-refractivity contribution in [2.45, 2.75) is 39.0 Å². The number of carbonyl (C=O) groups excluding carboxylic acids is 1. The van der Waals surface area contributed by atoms with Gasteiger partial charge in [-0.2, -0.15) is 0 Å². The van der Waals surface area contributed by atoms with Crippen molar-refractivity contribution in [3.8, 4) is 5.75 Å². The van der Waals surface area contributed by atoms with E-state index in [2.05, 4.69) is 25.4 Å². The first-order valence-corrected chi connectivity index (χ1v) is 8.35. The third-order valence-electron chi connectivity index (χ3n) is 3.81. The molecule has 24 heavy (non-hydrogen) atoms. The van der Waals surface area contributed by atoms with E-state index < -0.39 is 0 Å². The summed E-state index contributed by atoms with van der Waals surface area (Å²) in [6, 6.07) is 6.99. The van der Waals surface area contributed by atoms with Gasteiger partial charge < -0.3 is 19.9 Å². The Bertz CT molecular complexity index is 718. The highest BCUT2D eigenvalue weighted by Crippen LogP contribution is 2.24. The number of aryl methyl sites for hydroxylation is 1. The molecule has 1 unspecified atom stereocenters. The van der Waals surface area contributed by atoms with Crippen LogP contribution in [0.1, 0.15) is 25.0 Å². The first kappa shape index (κ1) is 16.6. The molecule has 2 N–H and O–H groups in total. The van der Waals surface area contributed by atoms with Gasteiger partial charge in [0, 0.05) is 13.0 Å².